The first-order valence-corrected chi connectivity index (χ1v) is 4.98. The highest BCUT2D eigenvalue weighted by Gasteiger charge is 2.54. The van der Waals surface area contributed by atoms with Gasteiger partial charge in [-0.3, -0.25) is 4.90 Å². The number of hydrogen-bond acceptors (Lipinski definition) is 3. The third kappa shape index (κ3) is 1.33. The lowest BCUT2D eigenvalue weighted by Crippen LogP contribution is -2.24. The van der Waals surface area contributed by atoms with Gasteiger partial charge in [-0.1, -0.05) is 6.07 Å². The highest BCUT2D eigenvalue weighted by atomic mass is 16.6. The number of anilines is 1. The molecule has 1 saturated carbocycles. The predicted molar refractivity (Wildman–Crippen MR) is 53.9 cm³/mol. The average Bonchev–Trinajstić information content (AvgIpc) is 2.85. The molecule has 0 atom stereocenters. The van der Waals surface area contributed by atoms with E-state index in [1.54, 1.807) is 29.2 Å². The van der Waals surface area contributed by atoms with E-state index in [9.17, 15) is 9.90 Å². The van der Waals surface area contributed by atoms with Gasteiger partial charge in [0.1, 0.15) is 11.4 Å². The van der Waals surface area contributed by atoms with Gasteiger partial charge in [0, 0.05) is 6.07 Å². The van der Waals surface area contributed by atoms with Crippen LogP contribution < -0.4 is 4.90 Å². The highest BCUT2D eigenvalue weighted by molar-refractivity contribution is 5.90. The van der Waals surface area contributed by atoms with E-state index in [4.69, 9.17) is 4.74 Å². The summed E-state index contributed by atoms with van der Waals surface area (Å²) in [6.45, 7) is 0.606. The van der Waals surface area contributed by atoms with E-state index in [2.05, 4.69) is 0 Å². The maximum atomic E-state index is 11.6. The molecule has 1 heterocycles. The maximum Gasteiger partial charge on any atom is 0.415 e. The summed E-state index contributed by atoms with van der Waals surface area (Å²) in [7, 11) is 0. The van der Waals surface area contributed by atoms with E-state index in [0.717, 1.165) is 12.8 Å². The molecule has 0 radical (unpaired) electrons. The molecule has 0 unspecified atom stereocenters. The summed E-state index contributed by atoms with van der Waals surface area (Å²) in [6.07, 6.45) is 1.60. The monoisotopic (exact) mass is 205 g/mol. The first-order valence-electron chi connectivity index (χ1n) is 4.98. The molecule has 0 bridgehead atoms. The first kappa shape index (κ1) is 8.59. The van der Waals surface area contributed by atoms with Gasteiger partial charge in [-0.05, 0) is 25.0 Å². The van der Waals surface area contributed by atoms with E-state index in [-0.39, 0.29) is 17.4 Å². The number of nitrogens with zero attached hydrogens (tertiary/aromatic N) is 1. The van der Waals surface area contributed by atoms with Crippen LogP contribution in [0.15, 0.2) is 24.3 Å². The van der Waals surface area contributed by atoms with Gasteiger partial charge in [0.05, 0.1) is 12.2 Å². The molecule has 4 heteroatoms. The van der Waals surface area contributed by atoms with Gasteiger partial charge in [-0.25, -0.2) is 4.79 Å². The number of carbonyl (C=O) groups excluding carboxylic acids is 1. The molecule has 1 aliphatic heterocycles. The molecule has 1 saturated heterocycles. The SMILES string of the molecule is O=C1OC2(CC2)CN1c1cccc(O)c1. The molecule has 1 aliphatic carbocycles. The lowest BCUT2D eigenvalue weighted by Gasteiger charge is -2.12. The zero-order valence-electron chi connectivity index (χ0n) is 8.14. The topological polar surface area (TPSA) is 49.8 Å². The number of ether oxygens (including phenoxy) is 1. The molecular weight excluding hydrogens is 194 g/mol. The quantitative estimate of drug-likeness (QED) is 0.761. The number of phenols is 1. The number of amides is 1. The lowest BCUT2D eigenvalue weighted by atomic mass is 10.2. The molecule has 2 aliphatic rings. The standard InChI is InChI=1S/C11H11NO3/c13-9-3-1-2-8(6-9)12-7-11(4-5-11)15-10(12)14/h1-3,6,13H,4-5,7H2. The number of rotatable bonds is 1. The summed E-state index contributed by atoms with van der Waals surface area (Å²) in [6, 6.07) is 6.67. The second kappa shape index (κ2) is 2.66. The van der Waals surface area contributed by atoms with Crippen molar-refractivity contribution >= 4 is 11.8 Å². The molecule has 1 spiro atoms. The van der Waals surface area contributed by atoms with Gasteiger partial charge in [-0.15, -0.1) is 0 Å². The van der Waals surface area contributed by atoms with Crippen LogP contribution in [0.4, 0.5) is 10.5 Å². The van der Waals surface area contributed by atoms with Crippen LogP contribution in [-0.4, -0.2) is 23.3 Å². The largest absolute Gasteiger partial charge is 0.508 e. The summed E-state index contributed by atoms with van der Waals surface area (Å²) >= 11 is 0. The maximum absolute atomic E-state index is 11.6. The Kier molecular flexibility index (Phi) is 1.52. The number of phenolic OH excluding ortho intramolecular Hbond substituents is 1. The zero-order chi connectivity index (χ0) is 10.5. The molecule has 2 fully saturated rings. The zero-order valence-corrected chi connectivity index (χ0v) is 8.14. The highest BCUT2D eigenvalue weighted by Crippen LogP contribution is 2.45. The fourth-order valence-electron chi connectivity index (χ4n) is 1.88. The Morgan fingerprint density at radius 2 is 2.20 bits per heavy atom. The molecule has 1 N–H and O–H groups in total. The first-order chi connectivity index (χ1) is 7.19. The normalized spacial score (nSPS) is 21.9. The molecule has 15 heavy (non-hydrogen) atoms. The fourth-order valence-corrected chi connectivity index (χ4v) is 1.88. The lowest BCUT2D eigenvalue weighted by molar-refractivity contribution is 0.129. The molecule has 1 aromatic rings. The van der Waals surface area contributed by atoms with Crippen LogP contribution in [0.1, 0.15) is 12.8 Å². The Hall–Kier alpha value is -1.71. The molecule has 1 amide bonds. The van der Waals surface area contributed by atoms with Crippen LogP contribution in [-0.2, 0) is 4.74 Å². The average molecular weight is 205 g/mol. The van der Waals surface area contributed by atoms with Gasteiger partial charge in [0.2, 0.25) is 0 Å². The Morgan fingerprint density at radius 1 is 1.40 bits per heavy atom. The minimum atomic E-state index is -0.307. The Balaban J connectivity index is 1.91. The van der Waals surface area contributed by atoms with Crippen molar-refractivity contribution in [1.29, 1.82) is 0 Å². The van der Waals surface area contributed by atoms with E-state index < -0.39 is 0 Å². The van der Waals surface area contributed by atoms with E-state index in [1.165, 1.54) is 0 Å². The Labute approximate surface area is 87.1 Å². The van der Waals surface area contributed by atoms with Crippen LogP contribution in [0.5, 0.6) is 5.75 Å². The number of aromatic hydroxyl groups is 1. The van der Waals surface area contributed by atoms with Crippen molar-refractivity contribution in [2.24, 2.45) is 0 Å². The molecule has 78 valence electrons. The van der Waals surface area contributed by atoms with Gasteiger partial charge in [0.15, 0.2) is 0 Å². The van der Waals surface area contributed by atoms with Gasteiger partial charge < -0.3 is 9.84 Å². The summed E-state index contributed by atoms with van der Waals surface area (Å²) in [5, 5.41) is 9.33. The van der Waals surface area contributed by atoms with Crippen molar-refractivity contribution in [2.75, 3.05) is 11.4 Å². The van der Waals surface area contributed by atoms with Crippen LogP contribution in [0.2, 0.25) is 0 Å². The second-order valence-electron chi connectivity index (χ2n) is 4.16. The van der Waals surface area contributed by atoms with Crippen LogP contribution in [0.3, 0.4) is 0 Å². The smallest absolute Gasteiger partial charge is 0.415 e. The van der Waals surface area contributed by atoms with Crippen molar-refractivity contribution in [3.63, 3.8) is 0 Å². The van der Waals surface area contributed by atoms with Crippen molar-refractivity contribution in [3.05, 3.63) is 24.3 Å². The van der Waals surface area contributed by atoms with Crippen LogP contribution in [0, 0.1) is 0 Å². The van der Waals surface area contributed by atoms with Crippen LogP contribution in [0.25, 0.3) is 0 Å². The Bertz CT molecular complexity index is 426. The predicted octanol–water partition coefficient (Wildman–Crippen LogP) is 1.88. The van der Waals surface area contributed by atoms with E-state index >= 15 is 0 Å². The Morgan fingerprint density at radius 3 is 2.80 bits per heavy atom. The van der Waals surface area contributed by atoms with E-state index in [1.807, 2.05) is 0 Å². The van der Waals surface area contributed by atoms with Gasteiger partial charge >= 0.3 is 6.09 Å². The fraction of sp³-hybridized carbons (Fsp3) is 0.364. The number of hydrogen-bond donors (Lipinski definition) is 1. The summed E-state index contributed by atoms with van der Waals surface area (Å²) in [4.78, 5) is 13.1. The summed E-state index contributed by atoms with van der Waals surface area (Å²) in [5.41, 5.74) is 0.478. The molecule has 1 aromatic carbocycles. The van der Waals surface area contributed by atoms with Crippen molar-refractivity contribution in [2.45, 2.75) is 18.4 Å². The van der Waals surface area contributed by atoms with Crippen molar-refractivity contribution in [1.82, 2.24) is 0 Å². The molecule has 4 nitrogen and oxygen atoms in total. The van der Waals surface area contributed by atoms with Gasteiger partial charge in [0.25, 0.3) is 0 Å². The third-order valence-electron chi connectivity index (χ3n) is 2.92. The minimum absolute atomic E-state index is 0.164. The van der Waals surface area contributed by atoms with Crippen molar-refractivity contribution < 1.29 is 14.6 Å². The van der Waals surface area contributed by atoms with Gasteiger partial charge in [-0.2, -0.15) is 0 Å². The molecular formula is C11H11NO3. The van der Waals surface area contributed by atoms with Crippen LogP contribution >= 0.6 is 0 Å². The summed E-state index contributed by atoms with van der Waals surface area (Å²) in [5.74, 6) is 0.164. The van der Waals surface area contributed by atoms with E-state index in [0.29, 0.717) is 12.2 Å². The minimum Gasteiger partial charge on any atom is -0.508 e. The third-order valence-corrected chi connectivity index (χ3v) is 2.92. The molecule has 3 rings (SSSR count). The number of carbonyl (C=O) groups is 1. The molecule has 0 aromatic heterocycles. The number of benzene rings is 1. The van der Waals surface area contributed by atoms with Crippen molar-refractivity contribution in [3.8, 4) is 5.75 Å². The second-order valence-corrected chi connectivity index (χ2v) is 4.16. The summed E-state index contributed by atoms with van der Waals surface area (Å²) < 4.78 is 5.27.